The molecule has 0 saturated carbocycles. The van der Waals surface area contributed by atoms with Crippen molar-refractivity contribution >= 4 is 10.8 Å². The summed E-state index contributed by atoms with van der Waals surface area (Å²) < 4.78 is 2.12. The first-order valence-corrected chi connectivity index (χ1v) is 7.32. The second kappa shape index (κ2) is 4.96. The van der Waals surface area contributed by atoms with Crippen molar-refractivity contribution < 1.29 is 4.57 Å². The first kappa shape index (κ1) is 13.7. The largest absolute Gasteiger partial charge is 0.330 e. The minimum atomic E-state index is 1.03. The second-order valence-corrected chi connectivity index (χ2v) is 5.86. The number of hydrogen-bond donors (Lipinski definition) is 0. The molecule has 3 rings (SSSR count). The average molecular weight is 277 g/mol. The van der Waals surface area contributed by atoms with Crippen LogP contribution in [0.1, 0.15) is 22.4 Å². The predicted molar refractivity (Wildman–Crippen MR) is 87.3 cm³/mol. The van der Waals surface area contributed by atoms with Crippen LogP contribution in [0, 0.1) is 27.7 Å². The Morgan fingerprint density at radius 1 is 0.905 bits per heavy atom. The highest BCUT2D eigenvalue weighted by atomic mass is 15.0. The van der Waals surface area contributed by atoms with E-state index in [-0.39, 0.29) is 0 Å². The third-order valence-electron chi connectivity index (χ3n) is 4.33. The highest BCUT2D eigenvalue weighted by molar-refractivity contribution is 5.92. The molecule has 0 N–H and O–H groups in total. The Bertz CT molecular complexity index is 848. The molecule has 3 aromatic rings. The lowest BCUT2D eigenvalue weighted by Gasteiger charge is -2.10. The van der Waals surface area contributed by atoms with Gasteiger partial charge in [-0.1, -0.05) is 24.3 Å². The Labute approximate surface area is 126 Å². The number of nitrogens with zero attached hydrogens (tertiary/aromatic N) is 2. The lowest BCUT2D eigenvalue weighted by molar-refractivity contribution is -0.663. The maximum Gasteiger partial charge on any atom is 0.330 e. The van der Waals surface area contributed by atoms with Gasteiger partial charge in [-0.2, -0.15) is 0 Å². The van der Waals surface area contributed by atoms with Crippen LogP contribution in [0.15, 0.2) is 36.5 Å². The minimum Gasteiger partial charge on any atom is -0.233 e. The minimum absolute atomic E-state index is 1.03. The fraction of sp³-hybridized carbons (Fsp3) is 0.263. The normalized spacial score (nSPS) is 11.1. The summed E-state index contributed by atoms with van der Waals surface area (Å²) in [7, 11) is 2.07. The van der Waals surface area contributed by atoms with Crippen LogP contribution in [-0.2, 0) is 7.05 Å². The molecule has 0 atom stereocenters. The Kier molecular flexibility index (Phi) is 3.25. The van der Waals surface area contributed by atoms with Gasteiger partial charge in [-0.05, 0) is 53.7 Å². The summed E-state index contributed by atoms with van der Waals surface area (Å²) in [6.07, 6.45) is 2.15. The van der Waals surface area contributed by atoms with E-state index in [9.17, 15) is 0 Å². The molecule has 0 amide bonds. The molecular weight excluding hydrogens is 256 g/mol. The van der Waals surface area contributed by atoms with Crippen molar-refractivity contribution in [3.8, 4) is 11.4 Å². The van der Waals surface area contributed by atoms with Crippen molar-refractivity contribution in [2.45, 2.75) is 27.7 Å². The third-order valence-corrected chi connectivity index (χ3v) is 4.33. The van der Waals surface area contributed by atoms with E-state index in [4.69, 9.17) is 4.98 Å². The third kappa shape index (κ3) is 2.21. The summed E-state index contributed by atoms with van der Waals surface area (Å²) in [5.74, 6) is 1.03. The molecule has 0 aliphatic heterocycles. The van der Waals surface area contributed by atoms with E-state index < -0.39 is 0 Å². The monoisotopic (exact) mass is 277 g/mol. The Morgan fingerprint density at radius 2 is 1.57 bits per heavy atom. The average Bonchev–Trinajstić information content (AvgIpc) is 2.47. The SMILES string of the molecule is Cc1c[n+](C)c(-c2cc(C)c3ccccc3c2C)nc1C. The van der Waals surface area contributed by atoms with Gasteiger partial charge in [-0.3, -0.25) is 0 Å². The summed E-state index contributed by atoms with van der Waals surface area (Å²) in [5.41, 5.74) is 6.12. The number of aryl methyl sites for hydroxylation is 5. The standard InChI is InChI=1S/C19H21N2/c1-12-10-18(14(3)17-9-7-6-8-16(12)17)19-20-15(4)13(2)11-21(19)5/h6-11H,1-5H3/q+1. The summed E-state index contributed by atoms with van der Waals surface area (Å²) in [6, 6.07) is 10.8. The van der Waals surface area contributed by atoms with Gasteiger partial charge in [0.15, 0.2) is 5.69 Å². The van der Waals surface area contributed by atoms with Gasteiger partial charge in [0.1, 0.15) is 0 Å². The van der Waals surface area contributed by atoms with E-state index in [1.807, 2.05) is 0 Å². The summed E-state index contributed by atoms with van der Waals surface area (Å²) in [6.45, 7) is 8.53. The number of aromatic nitrogens is 2. The number of benzene rings is 2. The van der Waals surface area contributed by atoms with Crippen LogP contribution in [0.3, 0.4) is 0 Å². The van der Waals surface area contributed by atoms with Crippen LogP contribution in [-0.4, -0.2) is 4.98 Å². The molecule has 0 bridgehead atoms. The fourth-order valence-electron chi connectivity index (χ4n) is 2.95. The molecule has 0 unspecified atom stereocenters. The number of rotatable bonds is 1. The van der Waals surface area contributed by atoms with Gasteiger partial charge in [0.05, 0.1) is 18.8 Å². The maximum absolute atomic E-state index is 4.81. The van der Waals surface area contributed by atoms with Crippen LogP contribution in [0.4, 0.5) is 0 Å². The predicted octanol–water partition coefficient (Wildman–Crippen LogP) is 3.96. The zero-order chi connectivity index (χ0) is 15.1. The first-order chi connectivity index (χ1) is 9.99. The van der Waals surface area contributed by atoms with Crippen LogP contribution < -0.4 is 4.57 Å². The molecule has 2 aromatic carbocycles. The van der Waals surface area contributed by atoms with Gasteiger partial charge < -0.3 is 0 Å². The summed E-state index contributed by atoms with van der Waals surface area (Å²) >= 11 is 0. The molecule has 1 aromatic heterocycles. The molecule has 0 aliphatic carbocycles. The molecule has 2 heteroatoms. The zero-order valence-electron chi connectivity index (χ0n) is 13.4. The molecule has 0 spiro atoms. The molecular formula is C19H21N2+. The summed E-state index contributed by atoms with van der Waals surface area (Å²) in [4.78, 5) is 4.81. The molecule has 21 heavy (non-hydrogen) atoms. The van der Waals surface area contributed by atoms with Gasteiger partial charge in [0.2, 0.25) is 0 Å². The van der Waals surface area contributed by atoms with Gasteiger partial charge >= 0.3 is 5.82 Å². The zero-order valence-corrected chi connectivity index (χ0v) is 13.4. The van der Waals surface area contributed by atoms with Crippen LogP contribution >= 0.6 is 0 Å². The van der Waals surface area contributed by atoms with Gasteiger partial charge in [0, 0.05) is 12.5 Å². The Hall–Kier alpha value is -2.22. The van der Waals surface area contributed by atoms with Gasteiger partial charge in [0.25, 0.3) is 0 Å². The highest BCUT2D eigenvalue weighted by Gasteiger charge is 2.19. The molecule has 0 aliphatic rings. The number of fused-ring (bicyclic) bond motifs is 1. The highest BCUT2D eigenvalue weighted by Crippen LogP contribution is 2.30. The van der Waals surface area contributed by atoms with Crippen molar-refractivity contribution in [1.82, 2.24) is 4.98 Å². The van der Waals surface area contributed by atoms with E-state index in [2.05, 4.69) is 75.8 Å². The number of hydrogen-bond acceptors (Lipinski definition) is 1. The Morgan fingerprint density at radius 3 is 2.29 bits per heavy atom. The van der Waals surface area contributed by atoms with Crippen molar-refractivity contribution in [2.75, 3.05) is 0 Å². The molecule has 0 saturated heterocycles. The molecule has 0 fully saturated rings. The molecule has 2 nitrogen and oxygen atoms in total. The topological polar surface area (TPSA) is 16.8 Å². The van der Waals surface area contributed by atoms with Crippen LogP contribution in [0.2, 0.25) is 0 Å². The molecule has 0 radical (unpaired) electrons. The smallest absolute Gasteiger partial charge is 0.233 e. The van der Waals surface area contributed by atoms with Crippen molar-refractivity contribution in [1.29, 1.82) is 0 Å². The van der Waals surface area contributed by atoms with Crippen molar-refractivity contribution in [2.24, 2.45) is 7.05 Å². The van der Waals surface area contributed by atoms with E-state index >= 15 is 0 Å². The van der Waals surface area contributed by atoms with E-state index in [1.54, 1.807) is 0 Å². The Balaban J connectivity index is 2.36. The lowest BCUT2D eigenvalue weighted by Crippen LogP contribution is -2.33. The molecule has 1 heterocycles. The summed E-state index contributed by atoms with van der Waals surface area (Å²) in [5, 5.41) is 2.64. The molecule has 106 valence electrons. The van der Waals surface area contributed by atoms with E-state index in [1.165, 1.54) is 33.0 Å². The van der Waals surface area contributed by atoms with E-state index in [0.717, 1.165) is 11.5 Å². The van der Waals surface area contributed by atoms with Crippen molar-refractivity contribution in [3.63, 3.8) is 0 Å². The quantitative estimate of drug-likeness (QED) is 0.615. The van der Waals surface area contributed by atoms with Crippen LogP contribution in [0.25, 0.3) is 22.2 Å². The maximum atomic E-state index is 4.81. The fourth-order valence-corrected chi connectivity index (χ4v) is 2.95. The lowest BCUT2D eigenvalue weighted by atomic mass is 9.95. The van der Waals surface area contributed by atoms with E-state index in [0.29, 0.717) is 0 Å². The van der Waals surface area contributed by atoms with Crippen molar-refractivity contribution in [3.05, 3.63) is 58.9 Å². The second-order valence-electron chi connectivity index (χ2n) is 5.86. The van der Waals surface area contributed by atoms with Crippen LogP contribution in [0.5, 0.6) is 0 Å². The van der Waals surface area contributed by atoms with Gasteiger partial charge in [-0.25, -0.2) is 4.57 Å². The first-order valence-electron chi connectivity index (χ1n) is 7.32. The van der Waals surface area contributed by atoms with Gasteiger partial charge in [-0.15, -0.1) is 0 Å².